The molecule has 0 saturated carbocycles. The molecule has 0 heterocycles. The number of nitrogens with one attached hydrogen (secondary N) is 1. The maximum atomic E-state index is 11.9. The fraction of sp³-hybridized carbons (Fsp3) is 0.0667. The number of nitriles is 1. The van der Waals surface area contributed by atoms with Gasteiger partial charge in [0.15, 0.2) is 6.61 Å². The number of nitrogens with zero attached hydrogens (tertiary/aromatic N) is 1. The number of carbonyl (C=O) groups excluding carboxylic acids is 1. The Hall–Kier alpha value is -1.64. The number of hydrogen-bond donors (Lipinski definition) is 1. The quantitative estimate of drug-likeness (QED) is 0.732. The van der Waals surface area contributed by atoms with Crippen molar-refractivity contribution in [2.45, 2.75) is 0 Å². The first-order valence-electron chi connectivity index (χ1n) is 6.17. The van der Waals surface area contributed by atoms with Gasteiger partial charge >= 0.3 is 0 Å². The number of ether oxygens (including phenoxy) is 1. The van der Waals surface area contributed by atoms with Crippen LogP contribution in [0.3, 0.4) is 0 Å². The zero-order valence-corrected chi connectivity index (χ0v) is 14.4. The van der Waals surface area contributed by atoms with Crippen LogP contribution in [0.2, 0.25) is 20.1 Å². The van der Waals surface area contributed by atoms with E-state index in [2.05, 4.69) is 5.32 Å². The van der Waals surface area contributed by atoms with E-state index in [-0.39, 0.29) is 27.4 Å². The minimum Gasteiger partial charge on any atom is -0.482 e. The van der Waals surface area contributed by atoms with Crippen LogP contribution in [0.4, 0.5) is 5.69 Å². The molecule has 4 nitrogen and oxygen atoms in total. The molecule has 0 aliphatic carbocycles. The summed E-state index contributed by atoms with van der Waals surface area (Å²) in [6, 6.07) is 9.34. The van der Waals surface area contributed by atoms with Gasteiger partial charge in [0.1, 0.15) is 11.8 Å². The summed E-state index contributed by atoms with van der Waals surface area (Å²) in [4.78, 5) is 11.9. The van der Waals surface area contributed by atoms with Gasteiger partial charge in [-0.05, 0) is 24.3 Å². The van der Waals surface area contributed by atoms with Crippen molar-refractivity contribution in [3.8, 4) is 11.8 Å². The van der Waals surface area contributed by atoms with Gasteiger partial charge < -0.3 is 10.1 Å². The maximum Gasteiger partial charge on any atom is 0.262 e. The van der Waals surface area contributed by atoms with Crippen molar-refractivity contribution >= 4 is 58.0 Å². The lowest BCUT2D eigenvalue weighted by Gasteiger charge is -2.10. The van der Waals surface area contributed by atoms with Gasteiger partial charge in [-0.2, -0.15) is 5.26 Å². The molecular formula is C15H8Cl4N2O2. The first-order chi connectivity index (χ1) is 10.9. The summed E-state index contributed by atoms with van der Waals surface area (Å²) in [5.74, 6) is -0.179. The van der Waals surface area contributed by atoms with E-state index >= 15 is 0 Å². The van der Waals surface area contributed by atoms with Gasteiger partial charge in [0, 0.05) is 11.8 Å². The highest BCUT2D eigenvalue weighted by Gasteiger charge is 2.10. The molecule has 0 aromatic heterocycles. The van der Waals surface area contributed by atoms with Gasteiger partial charge in [0.2, 0.25) is 0 Å². The van der Waals surface area contributed by atoms with E-state index in [4.69, 9.17) is 56.4 Å². The third-order valence-corrected chi connectivity index (χ3v) is 4.04. The van der Waals surface area contributed by atoms with Crippen molar-refractivity contribution in [3.05, 3.63) is 56.0 Å². The molecule has 23 heavy (non-hydrogen) atoms. The zero-order valence-electron chi connectivity index (χ0n) is 11.4. The number of hydrogen-bond acceptors (Lipinski definition) is 3. The van der Waals surface area contributed by atoms with Crippen molar-refractivity contribution < 1.29 is 9.53 Å². The molecule has 0 saturated heterocycles. The number of halogens is 4. The molecular weight excluding hydrogens is 382 g/mol. The second-order valence-corrected chi connectivity index (χ2v) is 5.97. The summed E-state index contributed by atoms with van der Waals surface area (Å²) < 4.78 is 5.31. The Morgan fingerprint density at radius 3 is 2.39 bits per heavy atom. The number of rotatable bonds is 4. The average Bonchev–Trinajstić information content (AvgIpc) is 2.50. The Labute approximate surface area is 152 Å². The maximum absolute atomic E-state index is 11.9. The molecule has 0 aliphatic heterocycles. The van der Waals surface area contributed by atoms with Gasteiger partial charge in [-0.1, -0.05) is 46.4 Å². The zero-order chi connectivity index (χ0) is 17.0. The van der Waals surface area contributed by atoms with E-state index < -0.39 is 5.91 Å². The first kappa shape index (κ1) is 17.7. The smallest absolute Gasteiger partial charge is 0.262 e. The van der Waals surface area contributed by atoms with E-state index in [1.807, 2.05) is 6.07 Å². The summed E-state index contributed by atoms with van der Waals surface area (Å²) in [6.07, 6.45) is 0. The summed E-state index contributed by atoms with van der Waals surface area (Å²) in [6.45, 7) is -0.282. The molecule has 1 amide bonds. The van der Waals surface area contributed by atoms with Crippen molar-refractivity contribution in [1.29, 1.82) is 5.26 Å². The number of amides is 1. The number of anilines is 1. The third-order valence-electron chi connectivity index (χ3n) is 2.71. The molecule has 2 rings (SSSR count). The molecule has 2 aromatic carbocycles. The third kappa shape index (κ3) is 4.66. The lowest BCUT2D eigenvalue weighted by molar-refractivity contribution is -0.118. The molecule has 2 aromatic rings. The van der Waals surface area contributed by atoms with Gasteiger partial charge in [-0.3, -0.25) is 4.79 Å². The van der Waals surface area contributed by atoms with Crippen LogP contribution in [0.1, 0.15) is 5.56 Å². The van der Waals surface area contributed by atoms with Crippen molar-refractivity contribution in [2.24, 2.45) is 0 Å². The number of carbonyl (C=O) groups is 1. The SMILES string of the molecule is N#Cc1ccc(NC(=O)COc2cc(Cl)c(Cl)cc2Cl)cc1Cl. The summed E-state index contributed by atoms with van der Waals surface area (Å²) >= 11 is 23.5. The molecule has 1 N–H and O–H groups in total. The van der Waals surface area contributed by atoms with E-state index in [0.717, 1.165) is 0 Å². The first-order valence-corrected chi connectivity index (χ1v) is 7.68. The van der Waals surface area contributed by atoms with Crippen LogP contribution in [0, 0.1) is 11.3 Å². The molecule has 0 aliphatic rings. The Kier molecular flexibility index (Phi) is 5.97. The standard InChI is InChI=1S/C15H8Cl4N2O2/c16-10-3-9(2-1-8(10)6-20)21-15(22)7-23-14-5-12(18)11(17)4-13(14)19/h1-5H,7H2,(H,21,22). The van der Waals surface area contributed by atoms with E-state index in [9.17, 15) is 4.79 Å². The second-order valence-electron chi connectivity index (χ2n) is 4.34. The molecule has 0 atom stereocenters. The topological polar surface area (TPSA) is 62.1 Å². The molecule has 0 unspecified atom stereocenters. The van der Waals surface area contributed by atoms with Gasteiger partial charge in [-0.25, -0.2) is 0 Å². The molecule has 8 heteroatoms. The number of benzene rings is 2. The lowest BCUT2D eigenvalue weighted by Crippen LogP contribution is -2.20. The Morgan fingerprint density at radius 2 is 1.74 bits per heavy atom. The van der Waals surface area contributed by atoms with Crippen LogP contribution in [0.15, 0.2) is 30.3 Å². The highest BCUT2D eigenvalue weighted by molar-refractivity contribution is 6.43. The van der Waals surface area contributed by atoms with E-state index in [0.29, 0.717) is 16.3 Å². The Morgan fingerprint density at radius 1 is 1.04 bits per heavy atom. The molecule has 0 spiro atoms. The normalized spacial score (nSPS) is 10.0. The average molecular weight is 390 g/mol. The fourth-order valence-corrected chi connectivity index (χ4v) is 2.45. The van der Waals surface area contributed by atoms with Gasteiger partial charge in [0.25, 0.3) is 5.91 Å². The van der Waals surface area contributed by atoms with Crippen molar-refractivity contribution in [3.63, 3.8) is 0 Å². The Bertz CT molecular complexity index is 803. The van der Waals surface area contributed by atoms with Crippen LogP contribution >= 0.6 is 46.4 Å². The Balaban J connectivity index is 1.99. The molecule has 0 radical (unpaired) electrons. The van der Waals surface area contributed by atoms with Crippen LogP contribution in [-0.4, -0.2) is 12.5 Å². The monoisotopic (exact) mass is 388 g/mol. The summed E-state index contributed by atoms with van der Waals surface area (Å²) in [5.41, 5.74) is 0.770. The van der Waals surface area contributed by atoms with Crippen LogP contribution in [-0.2, 0) is 4.79 Å². The van der Waals surface area contributed by atoms with Crippen LogP contribution in [0.5, 0.6) is 5.75 Å². The minimum absolute atomic E-state index is 0.244. The van der Waals surface area contributed by atoms with Crippen LogP contribution in [0.25, 0.3) is 0 Å². The second kappa shape index (κ2) is 7.76. The minimum atomic E-state index is -0.423. The van der Waals surface area contributed by atoms with Gasteiger partial charge in [-0.15, -0.1) is 0 Å². The molecule has 0 bridgehead atoms. The van der Waals surface area contributed by atoms with Crippen molar-refractivity contribution in [1.82, 2.24) is 0 Å². The summed E-state index contributed by atoms with van der Waals surface area (Å²) in [7, 11) is 0. The van der Waals surface area contributed by atoms with E-state index in [1.54, 1.807) is 6.07 Å². The summed E-state index contributed by atoms with van der Waals surface area (Å²) in [5, 5.41) is 12.4. The largest absolute Gasteiger partial charge is 0.482 e. The van der Waals surface area contributed by atoms with E-state index in [1.165, 1.54) is 24.3 Å². The highest BCUT2D eigenvalue weighted by atomic mass is 35.5. The van der Waals surface area contributed by atoms with Gasteiger partial charge in [0.05, 0.1) is 25.7 Å². The fourth-order valence-electron chi connectivity index (χ4n) is 1.64. The lowest BCUT2D eigenvalue weighted by atomic mass is 10.2. The molecule has 0 fully saturated rings. The van der Waals surface area contributed by atoms with Crippen LogP contribution < -0.4 is 10.1 Å². The predicted octanol–water partition coefficient (Wildman–Crippen LogP) is 5.19. The predicted molar refractivity (Wildman–Crippen MR) is 91.8 cm³/mol. The molecule has 118 valence electrons. The van der Waals surface area contributed by atoms with Crippen molar-refractivity contribution in [2.75, 3.05) is 11.9 Å². The highest BCUT2D eigenvalue weighted by Crippen LogP contribution is 2.33.